The number of nitrogens with zero attached hydrogens (tertiary/aromatic N) is 2. The van der Waals surface area contributed by atoms with E-state index >= 15 is 0 Å². The van der Waals surface area contributed by atoms with Crippen molar-refractivity contribution in [3.63, 3.8) is 0 Å². The van der Waals surface area contributed by atoms with Gasteiger partial charge in [-0.2, -0.15) is 0 Å². The molecule has 0 aromatic heterocycles. The molecule has 2 aromatic carbocycles. The smallest absolute Gasteiger partial charge is 0.253 e. The van der Waals surface area contributed by atoms with Crippen LogP contribution in [0.4, 0.5) is 0 Å². The van der Waals surface area contributed by atoms with Crippen molar-refractivity contribution in [3.05, 3.63) is 64.7 Å². The number of hydrogen-bond donors (Lipinski definition) is 0. The predicted octanol–water partition coefficient (Wildman–Crippen LogP) is 5.19. The molecule has 0 saturated carbocycles. The van der Waals surface area contributed by atoms with Crippen molar-refractivity contribution in [2.45, 2.75) is 45.4 Å². The van der Waals surface area contributed by atoms with Gasteiger partial charge in [0.2, 0.25) is 5.91 Å². The number of halogens is 1. The molecular weight excluding hydrogens is 476 g/mol. The fraction of sp³-hybridized carbons (Fsp3) is 0.517. The van der Waals surface area contributed by atoms with Gasteiger partial charge in [-0.1, -0.05) is 44.5 Å². The number of benzene rings is 2. The van der Waals surface area contributed by atoms with Crippen molar-refractivity contribution < 1.29 is 19.1 Å². The maximum absolute atomic E-state index is 13.5. The summed E-state index contributed by atoms with van der Waals surface area (Å²) >= 11 is 6.03. The monoisotopic (exact) mass is 512 g/mol. The number of carbonyl (C=O) groups is 2. The first kappa shape index (κ1) is 26.5. The van der Waals surface area contributed by atoms with E-state index < -0.39 is 5.41 Å². The van der Waals surface area contributed by atoms with Gasteiger partial charge in [-0.15, -0.1) is 0 Å². The molecule has 1 atom stereocenters. The summed E-state index contributed by atoms with van der Waals surface area (Å²) in [6, 6.07) is 15.2. The molecule has 2 aliphatic heterocycles. The number of likely N-dealkylation sites (tertiary alicyclic amines) is 1. The Morgan fingerprint density at radius 3 is 2.28 bits per heavy atom. The summed E-state index contributed by atoms with van der Waals surface area (Å²) in [7, 11) is 0. The minimum atomic E-state index is -0.464. The van der Waals surface area contributed by atoms with Crippen molar-refractivity contribution in [1.82, 2.24) is 9.80 Å². The molecular formula is C29H37ClN2O4. The van der Waals surface area contributed by atoms with Gasteiger partial charge >= 0.3 is 0 Å². The van der Waals surface area contributed by atoms with Crippen LogP contribution < -0.4 is 4.74 Å². The van der Waals surface area contributed by atoms with Crippen LogP contribution in [0.5, 0.6) is 5.75 Å². The normalized spacial score (nSPS) is 20.8. The second-order valence-corrected chi connectivity index (χ2v) is 11.5. The van der Waals surface area contributed by atoms with Crippen LogP contribution in [0, 0.1) is 5.41 Å². The minimum absolute atomic E-state index is 0.00449. The summed E-state index contributed by atoms with van der Waals surface area (Å²) in [6.45, 7) is 10.3. The van der Waals surface area contributed by atoms with Crippen LogP contribution in [0.2, 0.25) is 5.02 Å². The average Bonchev–Trinajstić information content (AvgIpc) is 2.88. The van der Waals surface area contributed by atoms with Crippen molar-refractivity contribution in [2.24, 2.45) is 5.41 Å². The Balaban J connectivity index is 1.52. The van der Waals surface area contributed by atoms with E-state index in [1.54, 1.807) is 12.1 Å². The lowest BCUT2D eigenvalue weighted by atomic mass is 9.77. The summed E-state index contributed by atoms with van der Waals surface area (Å²) in [6.07, 6.45) is 1.99. The summed E-state index contributed by atoms with van der Waals surface area (Å²) in [4.78, 5) is 30.6. The molecule has 2 heterocycles. The quantitative estimate of drug-likeness (QED) is 0.534. The van der Waals surface area contributed by atoms with E-state index in [1.165, 1.54) is 5.56 Å². The molecule has 194 valence electrons. The Kier molecular flexibility index (Phi) is 8.26. The Labute approximate surface area is 219 Å². The number of piperidine rings is 1. The molecule has 7 heteroatoms. The number of rotatable bonds is 6. The number of amides is 2. The van der Waals surface area contributed by atoms with Crippen LogP contribution in [-0.4, -0.2) is 67.6 Å². The topological polar surface area (TPSA) is 59.1 Å². The van der Waals surface area contributed by atoms with Crippen LogP contribution in [0.1, 0.15) is 56.0 Å². The molecule has 4 rings (SSSR count). The van der Waals surface area contributed by atoms with Gasteiger partial charge in [0.05, 0.1) is 19.8 Å². The highest BCUT2D eigenvalue weighted by Gasteiger charge is 2.41. The van der Waals surface area contributed by atoms with Gasteiger partial charge < -0.3 is 19.3 Å². The molecule has 2 fully saturated rings. The standard InChI is InChI=1S/C29H37ClN2O4/c1-28(2,3)23-7-5-22(6-8-23)27(34)32-14-4-13-29(20-32,19-26(33)31-15-17-35-18-16-31)21-36-25-11-9-24(30)10-12-25/h5-12H,4,13-21H2,1-3H3/t29-/m1/s1. The van der Waals surface area contributed by atoms with Crippen molar-refractivity contribution in [1.29, 1.82) is 0 Å². The number of ether oxygens (including phenoxy) is 2. The van der Waals surface area contributed by atoms with Gasteiger partial charge in [0.1, 0.15) is 5.75 Å². The lowest BCUT2D eigenvalue weighted by Crippen LogP contribution is -2.52. The van der Waals surface area contributed by atoms with Crippen LogP contribution >= 0.6 is 11.6 Å². The van der Waals surface area contributed by atoms with Crippen LogP contribution in [0.25, 0.3) is 0 Å². The minimum Gasteiger partial charge on any atom is -0.493 e. The lowest BCUT2D eigenvalue weighted by Gasteiger charge is -2.43. The van der Waals surface area contributed by atoms with E-state index in [4.69, 9.17) is 21.1 Å². The Morgan fingerprint density at radius 2 is 1.64 bits per heavy atom. The molecule has 6 nitrogen and oxygen atoms in total. The maximum Gasteiger partial charge on any atom is 0.253 e. The van der Waals surface area contributed by atoms with Gasteiger partial charge in [-0.3, -0.25) is 9.59 Å². The molecule has 0 unspecified atom stereocenters. The maximum atomic E-state index is 13.5. The highest BCUT2D eigenvalue weighted by molar-refractivity contribution is 6.30. The predicted molar refractivity (Wildman–Crippen MR) is 142 cm³/mol. The third kappa shape index (κ3) is 6.60. The molecule has 2 aromatic rings. The van der Waals surface area contributed by atoms with Crippen LogP contribution in [0.15, 0.2) is 48.5 Å². The van der Waals surface area contributed by atoms with E-state index in [0.717, 1.165) is 12.8 Å². The molecule has 36 heavy (non-hydrogen) atoms. The fourth-order valence-corrected chi connectivity index (χ4v) is 5.13. The van der Waals surface area contributed by atoms with E-state index in [0.29, 0.717) is 68.8 Å². The van der Waals surface area contributed by atoms with Crippen molar-refractivity contribution >= 4 is 23.4 Å². The SMILES string of the molecule is CC(C)(C)c1ccc(C(=O)N2CCC[C@@](COc3ccc(Cl)cc3)(CC(=O)N3CCOCC3)C2)cc1. The highest BCUT2D eigenvalue weighted by Crippen LogP contribution is 2.36. The molecule has 0 spiro atoms. The molecule has 0 bridgehead atoms. The number of carbonyl (C=O) groups excluding carboxylic acids is 2. The average molecular weight is 513 g/mol. The Bertz CT molecular complexity index is 1040. The number of morpholine rings is 1. The second-order valence-electron chi connectivity index (χ2n) is 11.1. The van der Waals surface area contributed by atoms with E-state index in [2.05, 4.69) is 20.8 Å². The lowest BCUT2D eigenvalue weighted by molar-refractivity contribution is -0.139. The molecule has 0 N–H and O–H groups in total. The van der Waals surface area contributed by atoms with E-state index in [9.17, 15) is 9.59 Å². The zero-order chi connectivity index (χ0) is 25.8. The van der Waals surface area contributed by atoms with Crippen molar-refractivity contribution in [3.8, 4) is 5.75 Å². The summed E-state index contributed by atoms with van der Waals surface area (Å²) in [5.74, 6) is 0.811. The fourth-order valence-electron chi connectivity index (χ4n) is 5.00. The summed E-state index contributed by atoms with van der Waals surface area (Å²) in [5.41, 5.74) is 1.44. The van der Waals surface area contributed by atoms with Gasteiger partial charge in [-0.05, 0) is 60.2 Å². The van der Waals surface area contributed by atoms with E-state index in [-0.39, 0.29) is 17.2 Å². The largest absolute Gasteiger partial charge is 0.493 e. The molecule has 2 saturated heterocycles. The van der Waals surface area contributed by atoms with Gasteiger partial charge in [0.15, 0.2) is 0 Å². The van der Waals surface area contributed by atoms with Crippen LogP contribution in [0.3, 0.4) is 0 Å². The van der Waals surface area contributed by atoms with E-state index in [1.807, 2.05) is 46.2 Å². The van der Waals surface area contributed by atoms with Gasteiger partial charge in [0.25, 0.3) is 5.91 Å². The zero-order valence-electron chi connectivity index (χ0n) is 21.6. The number of hydrogen-bond acceptors (Lipinski definition) is 4. The third-order valence-corrected chi connectivity index (χ3v) is 7.45. The Hall–Kier alpha value is -2.57. The summed E-state index contributed by atoms with van der Waals surface area (Å²) in [5, 5.41) is 0.645. The second kappa shape index (κ2) is 11.2. The summed E-state index contributed by atoms with van der Waals surface area (Å²) < 4.78 is 11.6. The molecule has 2 amide bonds. The first-order chi connectivity index (χ1) is 17.2. The molecule has 0 radical (unpaired) electrons. The van der Waals surface area contributed by atoms with Crippen LogP contribution in [-0.2, 0) is 14.9 Å². The van der Waals surface area contributed by atoms with Crippen molar-refractivity contribution in [2.75, 3.05) is 46.0 Å². The Morgan fingerprint density at radius 1 is 0.972 bits per heavy atom. The highest BCUT2D eigenvalue weighted by atomic mass is 35.5. The van der Waals surface area contributed by atoms with Gasteiger partial charge in [-0.25, -0.2) is 0 Å². The van der Waals surface area contributed by atoms with Gasteiger partial charge in [0, 0.05) is 48.6 Å². The molecule has 2 aliphatic rings. The third-order valence-electron chi connectivity index (χ3n) is 7.20. The first-order valence-electron chi connectivity index (χ1n) is 12.8. The zero-order valence-corrected chi connectivity index (χ0v) is 22.4. The molecule has 0 aliphatic carbocycles. The first-order valence-corrected chi connectivity index (χ1v) is 13.2.